The molecular weight excluding hydrogens is 178 g/mol. The minimum atomic E-state index is -0.135. The van der Waals surface area contributed by atoms with Crippen molar-refractivity contribution in [1.82, 2.24) is 4.90 Å². The maximum atomic E-state index is 9.15. The van der Waals surface area contributed by atoms with E-state index >= 15 is 0 Å². The lowest BCUT2D eigenvalue weighted by Crippen LogP contribution is -2.49. The first-order chi connectivity index (χ1) is 6.79. The lowest BCUT2D eigenvalue weighted by Gasteiger charge is -2.36. The number of hydrogen-bond donors (Lipinski definition) is 1. The monoisotopic (exact) mass is 193 g/mol. The highest BCUT2D eigenvalue weighted by Gasteiger charge is 2.24. The Morgan fingerprint density at radius 2 is 2.14 bits per heavy atom. The van der Waals surface area contributed by atoms with Crippen molar-refractivity contribution in [2.45, 2.75) is 12.6 Å². The second-order valence-corrected chi connectivity index (χ2v) is 3.66. The van der Waals surface area contributed by atoms with E-state index in [-0.39, 0.29) is 6.10 Å². The fraction of sp³-hybridized carbons (Fsp3) is 0.455. The van der Waals surface area contributed by atoms with Gasteiger partial charge in [0.25, 0.3) is 0 Å². The van der Waals surface area contributed by atoms with Crippen molar-refractivity contribution in [3.8, 4) is 5.75 Å². The van der Waals surface area contributed by atoms with Gasteiger partial charge in [0, 0.05) is 25.2 Å². The molecule has 0 saturated carbocycles. The number of aliphatic hydroxyl groups excluding tert-OH is 1. The molecule has 2 rings (SSSR count). The van der Waals surface area contributed by atoms with E-state index in [0.717, 1.165) is 25.4 Å². The van der Waals surface area contributed by atoms with Crippen LogP contribution in [0.1, 0.15) is 5.56 Å². The Morgan fingerprint density at radius 3 is 2.79 bits per heavy atom. The SMILES string of the molecule is COc1ccccc1CN1CC(O)C1. The fourth-order valence-electron chi connectivity index (χ4n) is 1.75. The maximum Gasteiger partial charge on any atom is 0.123 e. The number of para-hydroxylation sites is 1. The summed E-state index contributed by atoms with van der Waals surface area (Å²) >= 11 is 0. The molecule has 0 bridgehead atoms. The van der Waals surface area contributed by atoms with Gasteiger partial charge in [-0.25, -0.2) is 0 Å². The number of nitrogens with zero attached hydrogens (tertiary/aromatic N) is 1. The van der Waals surface area contributed by atoms with Crippen molar-refractivity contribution in [1.29, 1.82) is 0 Å². The molecule has 1 aromatic rings. The van der Waals surface area contributed by atoms with Crippen LogP contribution in [-0.2, 0) is 6.54 Å². The van der Waals surface area contributed by atoms with Gasteiger partial charge in [-0.15, -0.1) is 0 Å². The Bertz CT molecular complexity index is 308. The van der Waals surface area contributed by atoms with Crippen LogP contribution in [0.4, 0.5) is 0 Å². The van der Waals surface area contributed by atoms with Crippen LogP contribution in [0.15, 0.2) is 24.3 Å². The van der Waals surface area contributed by atoms with E-state index in [9.17, 15) is 0 Å². The Balaban J connectivity index is 2.01. The van der Waals surface area contributed by atoms with Gasteiger partial charge in [0.1, 0.15) is 5.75 Å². The average molecular weight is 193 g/mol. The molecule has 0 atom stereocenters. The van der Waals surface area contributed by atoms with Crippen molar-refractivity contribution in [2.75, 3.05) is 20.2 Å². The summed E-state index contributed by atoms with van der Waals surface area (Å²) in [6, 6.07) is 8.00. The minimum Gasteiger partial charge on any atom is -0.496 e. The van der Waals surface area contributed by atoms with E-state index in [1.807, 2.05) is 18.2 Å². The highest BCUT2D eigenvalue weighted by Crippen LogP contribution is 2.21. The average Bonchev–Trinajstić information content (AvgIpc) is 2.16. The highest BCUT2D eigenvalue weighted by molar-refractivity contribution is 5.33. The molecule has 3 nitrogen and oxygen atoms in total. The van der Waals surface area contributed by atoms with Crippen LogP contribution in [0.3, 0.4) is 0 Å². The van der Waals surface area contributed by atoms with Gasteiger partial charge in [0.2, 0.25) is 0 Å². The van der Waals surface area contributed by atoms with E-state index in [2.05, 4.69) is 11.0 Å². The summed E-state index contributed by atoms with van der Waals surface area (Å²) in [4.78, 5) is 2.20. The molecule has 1 heterocycles. The van der Waals surface area contributed by atoms with Gasteiger partial charge < -0.3 is 9.84 Å². The standard InChI is InChI=1S/C11H15NO2/c1-14-11-5-3-2-4-9(11)6-12-7-10(13)8-12/h2-5,10,13H,6-8H2,1H3. The van der Waals surface area contributed by atoms with Gasteiger partial charge in [0.15, 0.2) is 0 Å². The largest absolute Gasteiger partial charge is 0.496 e. The van der Waals surface area contributed by atoms with E-state index < -0.39 is 0 Å². The Kier molecular flexibility index (Phi) is 2.70. The predicted octanol–water partition coefficient (Wildman–Crippen LogP) is 0.872. The molecule has 1 fully saturated rings. The van der Waals surface area contributed by atoms with Crippen LogP contribution in [0.25, 0.3) is 0 Å². The van der Waals surface area contributed by atoms with Crippen molar-refractivity contribution < 1.29 is 9.84 Å². The first kappa shape index (κ1) is 9.49. The lowest BCUT2D eigenvalue weighted by atomic mass is 10.1. The Labute approximate surface area is 83.9 Å². The number of likely N-dealkylation sites (tertiary alicyclic amines) is 1. The third-order valence-electron chi connectivity index (χ3n) is 2.52. The van der Waals surface area contributed by atoms with Crippen LogP contribution in [0.2, 0.25) is 0 Å². The Morgan fingerprint density at radius 1 is 1.43 bits per heavy atom. The summed E-state index contributed by atoms with van der Waals surface area (Å²) < 4.78 is 5.25. The van der Waals surface area contributed by atoms with Gasteiger partial charge in [0.05, 0.1) is 13.2 Å². The van der Waals surface area contributed by atoms with Crippen LogP contribution in [0, 0.1) is 0 Å². The smallest absolute Gasteiger partial charge is 0.123 e. The molecule has 0 aromatic heterocycles. The van der Waals surface area contributed by atoms with Crippen LogP contribution >= 0.6 is 0 Å². The summed E-state index contributed by atoms with van der Waals surface area (Å²) in [5.41, 5.74) is 1.18. The number of benzene rings is 1. The third kappa shape index (κ3) is 1.89. The van der Waals surface area contributed by atoms with Crippen LogP contribution < -0.4 is 4.74 Å². The van der Waals surface area contributed by atoms with Gasteiger partial charge >= 0.3 is 0 Å². The summed E-state index contributed by atoms with van der Waals surface area (Å²) in [7, 11) is 1.68. The van der Waals surface area contributed by atoms with Crippen molar-refractivity contribution >= 4 is 0 Å². The van der Waals surface area contributed by atoms with E-state index in [4.69, 9.17) is 9.84 Å². The van der Waals surface area contributed by atoms with Gasteiger partial charge in [-0.05, 0) is 6.07 Å². The third-order valence-corrected chi connectivity index (χ3v) is 2.52. The van der Waals surface area contributed by atoms with E-state index in [1.165, 1.54) is 5.56 Å². The predicted molar refractivity (Wildman–Crippen MR) is 54.3 cm³/mol. The van der Waals surface area contributed by atoms with Crippen molar-refractivity contribution in [2.24, 2.45) is 0 Å². The number of rotatable bonds is 3. The molecule has 1 N–H and O–H groups in total. The zero-order valence-corrected chi connectivity index (χ0v) is 8.31. The second kappa shape index (κ2) is 3.98. The number of aliphatic hydroxyl groups is 1. The molecule has 0 aliphatic carbocycles. The van der Waals surface area contributed by atoms with Crippen molar-refractivity contribution in [3.05, 3.63) is 29.8 Å². The molecule has 3 heteroatoms. The number of ether oxygens (including phenoxy) is 1. The molecule has 1 aliphatic rings. The number of methoxy groups -OCH3 is 1. The minimum absolute atomic E-state index is 0.135. The molecule has 0 spiro atoms. The zero-order valence-electron chi connectivity index (χ0n) is 8.31. The molecule has 76 valence electrons. The molecule has 1 saturated heterocycles. The summed E-state index contributed by atoms with van der Waals surface area (Å²) in [6.07, 6.45) is -0.135. The summed E-state index contributed by atoms with van der Waals surface area (Å²) in [5, 5.41) is 9.15. The zero-order chi connectivity index (χ0) is 9.97. The summed E-state index contributed by atoms with van der Waals surface area (Å²) in [5.74, 6) is 0.925. The first-order valence-electron chi connectivity index (χ1n) is 4.82. The first-order valence-corrected chi connectivity index (χ1v) is 4.82. The van der Waals surface area contributed by atoms with E-state index in [0.29, 0.717) is 0 Å². The molecule has 1 aliphatic heterocycles. The molecule has 14 heavy (non-hydrogen) atoms. The molecular formula is C11H15NO2. The van der Waals surface area contributed by atoms with Gasteiger partial charge in [-0.2, -0.15) is 0 Å². The van der Waals surface area contributed by atoms with Gasteiger partial charge in [-0.3, -0.25) is 4.90 Å². The molecule has 1 aromatic carbocycles. The normalized spacial score (nSPS) is 17.9. The molecule has 0 amide bonds. The number of hydrogen-bond acceptors (Lipinski definition) is 3. The molecule has 0 unspecified atom stereocenters. The fourth-order valence-corrected chi connectivity index (χ4v) is 1.75. The quantitative estimate of drug-likeness (QED) is 0.773. The summed E-state index contributed by atoms with van der Waals surface area (Å²) in [6.45, 7) is 2.41. The Hall–Kier alpha value is -1.06. The van der Waals surface area contributed by atoms with E-state index in [1.54, 1.807) is 7.11 Å². The second-order valence-electron chi connectivity index (χ2n) is 3.66. The topological polar surface area (TPSA) is 32.7 Å². The number of β-amino-alcohol motifs (C(OH)–C–C–N with tert-alkyl or cyclic N) is 1. The van der Waals surface area contributed by atoms with Crippen molar-refractivity contribution in [3.63, 3.8) is 0 Å². The van der Waals surface area contributed by atoms with Gasteiger partial charge in [-0.1, -0.05) is 18.2 Å². The maximum absolute atomic E-state index is 9.15. The molecule has 0 radical (unpaired) electrons. The lowest BCUT2D eigenvalue weighted by molar-refractivity contribution is -0.00321. The van der Waals surface area contributed by atoms with Crippen LogP contribution in [0.5, 0.6) is 5.75 Å². The highest BCUT2D eigenvalue weighted by atomic mass is 16.5. The van der Waals surface area contributed by atoms with Crippen LogP contribution in [-0.4, -0.2) is 36.3 Å².